The van der Waals surface area contributed by atoms with Crippen molar-refractivity contribution in [3.63, 3.8) is 0 Å². The summed E-state index contributed by atoms with van der Waals surface area (Å²) >= 11 is 1.84. The van der Waals surface area contributed by atoms with Crippen LogP contribution in [0.2, 0.25) is 0 Å². The Labute approximate surface area is 318 Å². The molecule has 0 bridgehead atoms. The van der Waals surface area contributed by atoms with Gasteiger partial charge in [0.05, 0.1) is 5.69 Å². The van der Waals surface area contributed by atoms with Crippen molar-refractivity contribution in [2.24, 2.45) is 0 Å². The molecule has 0 fully saturated rings. The molecule has 0 unspecified atom stereocenters. The van der Waals surface area contributed by atoms with Gasteiger partial charge in [-0.15, -0.1) is 11.3 Å². The van der Waals surface area contributed by atoms with E-state index in [1.54, 1.807) is 0 Å². The average Bonchev–Trinajstić information content (AvgIpc) is 3.87. The molecule has 0 atom stereocenters. The van der Waals surface area contributed by atoms with Gasteiger partial charge in [0.15, 0.2) is 0 Å². The molecule has 1 aromatic heterocycles. The van der Waals surface area contributed by atoms with Gasteiger partial charge in [-0.25, -0.2) is 0 Å². The molecule has 1 aliphatic rings. The summed E-state index contributed by atoms with van der Waals surface area (Å²) in [6.45, 7) is 0. The van der Waals surface area contributed by atoms with E-state index in [0.29, 0.717) is 0 Å². The van der Waals surface area contributed by atoms with Crippen LogP contribution in [0, 0.1) is 0 Å². The van der Waals surface area contributed by atoms with Crippen molar-refractivity contribution in [2.75, 3.05) is 4.90 Å². The molecule has 1 aliphatic carbocycles. The molecule has 2 heteroatoms. The molecule has 0 N–H and O–H groups in total. The summed E-state index contributed by atoms with van der Waals surface area (Å²) < 4.78 is 0. The van der Waals surface area contributed by atoms with Gasteiger partial charge in [-0.05, 0) is 120 Å². The summed E-state index contributed by atoms with van der Waals surface area (Å²) in [5.74, 6) is 0. The van der Waals surface area contributed by atoms with Crippen molar-refractivity contribution in [2.45, 2.75) is 0 Å². The van der Waals surface area contributed by atoms with Gasteiger partial charge in [0.2, 0.25) is 0 Å². The Kier molecular flexibility index (Phi) is 7.11. The standard InChI is InChI=1S/C52H33NS/c1-2-10-36(11-3-1)50-31-32-51(54-50)37-21-26-41(27-22-37)53(49-30-29-47-45-14-7-6-13-44(45)46-15-8-16-48(49)52(46)47)40-24-19-34(20-25-40)38-23-28-43-39(33-38)18-17-35-9-4-5-12-42(35)43/h1-33H. The largest absolute Gasteiger partial charge is 0.310 e. The fourth-order valence-electron chi connectivity index (χ4n) is 8.44. The van der Waals surface area contributed by atoms with Gasteiger partial charge < -0.3 is 4.90 Å². The van der Waals surface area contributed by atoms with Gasteiger partial charge in [-0.2, -0.15) is 0 Å². The van der Waals surface area contributed by atoms with E-state index in [1.807, 2.05) is 11.3 Å². The molecule has 0 spiro atoms. The van der Waals surface area contributed by atoms with E-state index in [1.165, 1.54) is 92.3 Å². The van der Waals surface area contributed by atoms with E-state index < -0.39 is 0 Å². The van der Waals surface area contributed by atoms with E-state index in [9.17, 15) is 0 Å². The summed E-state index contributed by atoms with van der Waals surface area (Å²) in [5.41, 5.74) is 13.5. The van der Waals surface area contributed by atoms with E-state index in [-0.39, 0.29) is 0 Å². The fourth-order valence-corrected chi connectivity index (χ4v) is 9.45. The third-order valence-electron chi connectivity index (χ3n) is 11.0. The summed E-state index contributed by atoms with van der Waals surface area (Å²) in [6.07, 6.45) is 0. The van der Waals surface area contributed by atoms with Crippen LogP contribution >= 0.6 is 11.3 Å². The van der Waals surface area contributed by atoms with Crippen LogP contribution in [-0.4, -0.2) is 0 Å². The monoisotopic (exact) mass is 703 g/mol. The van der Waals surface area contributed by atoms with Crippen molar-refractivity contribution in [1.29, 1.82) is 0 Å². The van der Waals surface area contributed by atoms with Crippen LogP contribution in [0.5, 0.6) is 0 Å². The van der Waals surface area contributed by atoms with Crippen LogP contribution in [0.15, 0.2) is 200 Å². The van der Waals surface area contributed by atoms with Crippen molar-refractivity contribution in [3.8, 4) is 54.3 Å². The third kappa shape index (κ3) is 4.99. The number of fused-ring (bicyclic) bond motifs is 6. The van der Waals surface area contributed by atoms with Crippen LogP contribution in [0.1, 0.15) is 0 Å². The van der Waals surface area contributed by atoms with Crippen LogP contribution in [0.25, 0.3) is 86.6 Å². The van der Waals surface area contributed by atoms with Gasteiger partial charge in [0, 0.05) is 26.5 Å². The molecule has 0 saturated carbocycles. The van der Waals surface area contributed by atoms with E-state index in [0.717, 1.165) is 11.4 Å². The minimum Gasteiger partial charge on any atom is -0.310 e. The van der Waals surface area contributed by atoms with Crippen LogP contribution < -0.4 is 4.90 Å². The summed E-state index contributed by atoms with van der Waals surface area (Å²) in [7, 11) is 0. The van der Waals surface area contributed by atoms with Crippen molar-refractivity contribution >= 4 is 60.7 Å². The van der Waals surface area contributed by atoms with Crippen molar-refractivity contribution < 1.29 is 0 Å². The van der Waals surface area contributed by atoms with E-state index in [4.69, 9.17) is 0 Å². The molecule has 54 heavy (non-hydrogen) atoms. The molecule has 0 aliphatic heterocycles. The van der Waals surface area contributed by atoms with E-state index >= 15 is 0 Å². The van der Waals surface area contributed by atoms with Crippen LogP contribution in [0.3, 0.4) is 0 Å². The maximum Gasteiger partial charge on any atom is 0.0540 e. The number of nitrogens with zero attached hydrogens (tertiary/aromatic N) is 1. The topological polar surface area (TPSA) is 3.24 Å². The molecular formula is C52H33NS. The lowest BCUT2D eigenvalue weighted by Crippen LogP contribution is -2.10. The smallest absolute Gasteiger partial charge is 0.0540 e. The Morgan fingerprint density at radius 2 is 0.870 bits per heavy atom. The Morgan fingerprint density at radius 3 is 1.63 bits per heavy atom. The fraction of sp³-hybridized carbons (Fsp3) is 0. The first-order chi connectivity index (χ1) is 26.8. The number of hydrogen-bond acceptors (Lipinski definition) is 2. The maximum atomic E-state index is 2.43. The summed E-state index contributed by atoms with van der Waals surface area (Å²) in [4.78, 5) is 4.98. The lowest BCUT2D eigenvalue weighted by Gasteiger charge is -2.27. The van der Waals surface area contributed by atoms with Crippen LogP contribution in [-0.2, 0) is 0 Å². The highest BCUT2D eigenvalue weighted by atomic mass is 32.1. The van der Waals surface area contributed by atoms with Crippen molar-refractivity contribution in [3.05, 3.63) is 200 Å². The second kappa shape index (κ2) is 12.4. The molecule has 252 valence electrons. The lowest BCUT2D eigenvalue weighted by molar-refractivity contribution is 1.30. The van der Waals surface area contributed by atoms with Gasteiger partial charge in [-0.1, -0.05) is 152 Å². The van der Waals surface area contributed by atoms with E-state index in [2.05, 4.69) is 205 Å². The molecule has 0 radical (unpaired) electrons. The lowest BCUT2D eigenvalue weighted by atomic mass is 9.97. The van der Waals surface area contributed by atoms with Crippen LogP contribution in [0.4, 0.5) is 17.1 Å². The highest BCUT2D eigenvalue weighted by Crippen LogP contribution is 2.51. The molecule has 11 rings (SSSR count). The number of benzene rings is 9. The number of rotatable bonds is 6. The first-order valence-corrected chi connectivity index (χ1v) is 19.3. The minimum atomic E-state index is 1.12. The molecule has 9 aromatic carbocycles. The molecular weight excluding hydrogens is 671 g/mol. The highest BCUT2D eigenvalue weighted by molar-refractivity contribution is 7.18. The zero-order chi connectivity index (χ0) is 35.6. The van der Waals surface area contributed by atoms with Gasteiger partial charge in [0.25, 0.3) is 0 Å². The predicted molar refractivity (Wildman–Crippen MR) is 232 cm³/mol. The molecule has 10 aromatic rings. The molecule has 1 nitrogen and oxygen atoms in total. The first-order valence-electron chi connectivity index (χ1n) is 18.5. The SMILES string of the molecule is c1ccc(-c2ccc(-c3ccc(N(c4ccc(-c5ccc6c(ccc7ccccc76)c5)cc4)c4ccc5c6c(cccc46)-c4ccccc4-5)cc3)s2)cc1. The normalized spacial score (nSPS) is 11.7. The summed E-state index contributed by atoms with van der Waals surface area (Å²) in [6, 6.07) is 73.4. The molecule has 0 amide bonds. The minimum absolute atomic E-state index is 1.12. The Bertz CT molecular complexity index is 3000. The second-order valence-electron chi connectivity index (χ2n) is 14.1. The molecule has 1 heterocycles. The zero-order valence-electron chi connectivity index (χ0n) is 29.4. The zero-order valence-corrected chi connectivity index (χ0v) is 30.2. The number of thiophene rings is 1. The third-order valence-corrected chi connectivity index (χ3v) is 12.2. The van der Waals surface area contributed by atoms with Gasteiger partial charge in [-0.3, -0.25) is 0 Å². The van der Waals surface area contributed by atoms with Gasteiger partial charge >= 0.3 is 0 Å². The number of anilines is 3. The first kappa shape index (κ1) is 30.8. The maximum absolute atomic E-state index is 2.43. The summed E-state index contributed by atoms with van der Waals surface area (Å²) in [5, 5.41) is 7.69. The molecule has 0 saturated heterocycles. The Morgan fingerprint density at radius 1 is 0.315 bits per heavy atom. The average molecular weight is 704 g/mol. The second-order valence-corrected chi connectivity index (χ2v) is 15.2. The van der Waals surface area contributed by atoms with Crippen molar-refractivity contribution in [1.82, 2.24) is 0 Å². The Hall–Kier alpha value is -6.74. The van der Waals surface area contributed by atoms with Gasteiger partial charge in [0.1, 0.15) is 0 Å². The predicted octanol–water partition coefficient (Wildman–Crippen LogP) is 15.3. The highest BCUT2D eigenvalue weighted by Gasteiger charge is 2.24. The number of hydrogen-bond donors (Lipinski definition) is 0. The quantitative estimate of drug-likeness (QED) is 0.156. The Balaban J connectivity index is 1.02.